The van der Waals surface area contributed by atoms with Gasteiger partial charge in [0.15, 0.2) is 0 Å². The molecule has 2 N–H and O–H groups in total. The van der Waals surface area contributed by atoms with Crippen molar-refractivity contribution >= 4 is 11.9 Å². The molecule has 0 spiro atoms. The Kier molecular flexibility index (Phi) is 10.1. The Morgan fingerprint density at radius 1 is 1.14 bits per heavy atom. The third kappa shape index (κ3) is 8.59. The topological polar surface area (TPSA) is 109 Å². The van der Waals surface area contributed by atoms with E-state index in [0.29, 0.717) is 12.5 Å². The average molecular weight is 530 g/mol. The van der Waals surface area contributed by atoms with E-state index in [2.05, 4.69) is 16.0 Å². The maximum absolute atomic E-state index is 10.6. The Bertz CT molecular complexity index is 869. The molecule has 8 nitrogen and oxygen atoms in total. The zero-order valence-electron chi connectivity index (χ0n) is 19.4. The third-order valence-corrected chi connectivity index (χ3v) is 6.21. The summed E-state index contributed by atoms with van der Waals surface area (Å²) >= 11 is 0. The summed E-state index contributed by atoms with van der Waals surface area (Å²) in [7, 11) is 0. The standard InChI is InChI=1S/C18H26N2O2.2C2HF3O2/c1-14-4-2-5-16(19-14)10-22-13-18-11-20(17-6-3-7-17)8-15(18)9-21-12-18;2*3-2(4,5)1(6)7/h2,4-5,15,17H,3,6-13H2,1H3;2*(H,6,7)/t15-,18+;;/m1../s1. The van der Waals surface area contributed by atoms with E-state index < -0.39 is 24.3 Å². The molecule has 3 aliphatic rings. The van der Waals surface area contributed by atoms with Crippen LogP contribution in [0.4, 0.5) is 26.3 Å². The zero-order valence-corrected chi connectivity index (χ0v) is 19.4. The lowest BCUT2D eigenvalue weighted by atomic mass is 9.82. The van der Waals surface area contributed by atoms with Crippen LogP contribution in [0.25, 0.3) is 0 Å². The number of nitrogens with zero attached hydrogens (tertiary/aromatic N) is 2. The second kappa shape index (κ2) is 12.2. The summed E-state index contributed by atoms with van der Waals surface area (Å²) in [4.78, 5) is 25.0. The number of halogens is 6. The van der Waals surface area contributed by atoms with E-state index in [4.69, 9.17) is 29.3 Å². The number of alkyl halides is 6. The first-order valence-electron chi connectivity index (χ1n) is 11.1. The minimum Gasteiger partial charge on any atom is -0.475 e. The Balaban J connectivity index is 0.000000271. The molecule has 204 valence electrons. The normalized spacial score (nSPS) is 24.0. The first-order valence-corrected chi connectivity index (χ1v) is 11.1. The SMILES string of the molecule is Cc1cccc(COC[C@]23COC[C@H]2CN(C2CCC2)C3)n1.O=C(O)C(F)(F)F.O=C(O)C(F)(F)F. The number of carboxylic acid groups (broad SMARTS) is 2. The van der Waals surface area contributed by atoms with E-state index >= 15 is 0 Å². The van der Waals surface area contributed by atoms with Gasteiger partial charge in [-0.3, -0.25) is 9.88 Å². The highest BCUT2D eigenvalue weighted by molar-refractivity contribution is 5.73. The van der Waals surface area contributed by atoms with Gasteiger partial charge in [-0.05, 0) is 31.9 Å². The van der Waals surface area contributed by atoms with Crippen LogP contribution in [0.15, 0.2) is 18.2 Å². The van der Waals surface area contributed by atoms with Gasteiger partial charge in [-0.15, -0.1) is 0 Å². The summed E-state index contributed by atoms with van der Waals surface area (Å²) in [6, 6.07) is 6.95. The van der Waals surface area contributed by atoms with Gasteiger partial charge >= 0.3 is 24.3 Å². The molecular formula is C22H28F6N2O6. The fourth-order valence-electron chi connectivity index (χ4n) is 4.15. The molecular weight excluding hydrogens is 502 g/mol. The number of hydrogen-bond acceptors (Lipinski definition) is 6. The summed E-state index contributed by atoms with van der Waals surface area (Å²) in [5.41, 5.74) is 2.30. The first kappa shape index (κ1) is 29.8. The molecule has 4 rings (SSSR count). The third-order valence-electron chi connectivity index (χ3n) is 6.21. The van der Waals surface area contributed by atoms with Crippen LogP contribution in [0, 0.1) is 18.3 Å². The molecule has 36 heavy (non-hydrogen) atoms. The van der Waals surface area contributed by atoms with Crippen molar-refractivity contribution in [2.75, 3.05) is 32.9 Å². The molecule has 2 aliphatic heterocycles. The smallest absolute Gasteiger partial charge is 0.475 e. The summed E-state index contributed by atoms with van der Waals surface area (Å²) in [5, 5.41) is 14.2. The van der Waals surface area contributed by atoms with Gasteiger partial charge in [0.05, 0.1) is 32.1 Å². The van der Waals surface area contributed by atoms with E-state index in [1.807, 2.05) is 19.1 Å². The molecule has 1 aromatic rings. The summed E-state index contributed by atoms with van der Waals surface area (Å²) in [5.74, 6) is -4.86. The van der Waals surface area contributed by atoms with Crippen molar-refractivity contribution < 1.29 is 55.6 Å². The van der Waals surface area contributed by atoms with Crippen LogP contribution in [0.1, 0.15) is 30.7 Å². The van der Waals surface area contributed by atoms with Gasteiger partial charge in [-0.1, -0.05) is 12.5 Å². The Morgan fingerprint density at radius 2 is 1.72 bits per heavy atom. The van der Waals surface area contributed by atoms with Crippen molar-refractivity contribution in [3.8, 4) is 0 Å². The molecule has 1 saturated carbocycles. The van der Waals surface area contributed by atoms with Crippen LogP contribution in [0.5, 0.6) is 0 Å². The second-order valence-electron chi connectivity index (χ2n) is 8.96. The Labute approximate surface area is 203 Å². The molecule has 3 fully saturated rings. The van der Waals surface area contributed by atoms with Crippen LogP contribution in [0.2, 0.25) is 0 Å². The minimum atomic E-state index is -5.08. The molecule has 1 aliphatic carbocycles. The Morgan fingerprint density at radius 3 is 2.19 bits per heavy atom. The quantitative estimate of drug-likeness (QED) is 0.556. The number of carboxylic acids is 2. The van der Waals surface area contributed by atoms with Gasteiger partial charge < -0.3 is 19.7 Å². The highest BCUT2D eigenvalue weighted by Crippen LogP contribution is 2.44. The molecule has 0 aromatic carbocycles. The van der Waals surface area contributed by atoms with Gasteiger partial charge in [0.25, 0.3) is 0 Å². The summed E-state index contributed by atoms with van der Waals surface area (Å²) in [6.45, 7) is 7.57. The predicted octanol–water partition coefficient (Wildman–Crippen LogP) is 3.67. The number of ether oxygens (including phenoxy) is 2. The lowest BCUT2D eigenvalue weighted by Gasteiger charge is -2.36. The van der Waals surface area contributed by atoms with E-state index in [0.717, 1.165) is 43.8 Å². The minimum absolute atomic E-state index is 0.222. The first-order chi connectivity index (χ1) is 16.6. The molecule has 0 unspecified atom stereocenters. The monoisotopic (exact) mass is 530 g/mol. The number of likely N-dealkylation sites (tertiary alicyclic amines) is 1. The maximum atomic E-state index is 10.6. The molecule has 2 atom stereocenters. The highest BCUT2D eigenvalue weighted by Gasteiger charge is 2.52. The van der Waals surface area contributed by atoms with Crippen molar-refractivity contribution in [2.24, 2.45) is 11.3 Å². The fourth-order valence-corrected chi connectivity index (χ4v) is 4.15. The number of rotatable bonds is 5. The fraction of sp³-hybridized carbons (Fsp3) is 0.682. The van der Waals surface area contributed by atoms with Gasteiger partial charge in [0.1, 0.15) is 0 Å². The molecule has 14 heteroatoms. The largest absolute Gasteiger partial charge is 0.490 e. The molecule has 3 heterocycles. The van der Waals surface area contributed by atoms with Crippen molar-refractivity contribution in [3.05, 3.63) is 29.6 Å². The molecule has 0 radical (unpaired) electrons. The zero-order chi connectivity index (χ0) is 27.1. The van der Waals surface area contributed by atoms with Crippen LogP contribution in [-0.2, 0) is 25.7 Å². The lowest BCUT2D eigenvalue weighted by molar-refractivity contribution is -0.193. The number of carbonyl (C=O) groups is 2. The van der Waals surface area contributed by atoms with Crippen LogP contribution < -0.4 is 0 Å². The number of fused-ring (bicyclic) bond motifs is 1. The molecule has 0 amide bonds. The highest BCUT2D eigenvalue weighted by atomic mass is 19.4. The van der Waals surface area contributed by atoms with Crippen molar-refractivity contribution in [1.29, 1.82) is 0 Å². The summed E-state index contributed by atoms with van der Waals surface area (Å²) in [6.07, 6.45) is -5.99. The summed E-state index contributed by atoms with van der Waals surface area (Å²) < 4.78 is 75.3. The van der Waals surface area contributed by atoms with Crippen LogP contribution in [-0.4, -0.2) is 83.3 Å². The number of pyridine rings is 1. The van der Waals surface area contributed by atoms with Gasteiger partial charge in [0, 0.05) is 36.2 Å². The molecule has 2 saturated heterocycles. The lowest BCUT2D eigenvalue weighted by Crippen LogP contribution is -2.41. The Hall–Kier alpha value is -2.45. The van der Waals surface area contributed by atoms with Crippen molar-refractivity contribution in [1.82, 2.24) is 9.88 Å². The number of hydrogen-bond donors (Lipinski definition) is 2. The number of aryl methyl sites for hydroxylation is 1. The molecule has 1 aromatic heterocycles. The van der Waals surface area contributed by atoms with Crippen LogP contribution >= 0.6 is 0 Å². The number of aliphatic carboxylic acids is 2. The van der Waals surface area contributed by atoms with Crippen molar-refractivity contribution in [3.63, 3.8) is 0 Å². The average Bonchev–Trinajstić information content (AvgIpc) is 3.23. The molecule has 0 bridgehead atoms. The second-order valence-corrected chi connectivity index (χ2v) is 8.96. The van der Waals surface area contributed by atoms with Gasteiger partial charge in [0.2, 0.25) is 0 Å². The predicted molar refractivity (Wildman–Crippen MR) is 112 cm³/mol. The van der Waals surface area contributed by atoms with Crippen LogP contribution in [0.3, 0.4) is 0 Å². The maximum Gasteiger partial charge on any atom is 0.490 e. The van der Waals surface area contributed by atoms with Gasteiger partial charge in [-0.25, -0.2) is 9.59 Å². The van der Waals surface area contributed by atoms with E-state index in [1.54, 1.807) is 0 Å². The van der Waals surface area contributed by atoms with E-state index in [-0.39, 0.29) is 5.41 Å². The van der Waals surface area contributed by atoms with Gasteiger partial charge in [-0.2, -0.15) is 26.3 Å². The van der Waals surface area contributed by atoms with E-state index in [1.165, 1.54) is 25.8 Å². The van der Waals surface area contributed by atoms with Crippen molar-refractivity contribution in [2.45, 2.75) is 51.2 Å². The number of aromatic nitrogens is 1. The van der Waals surface area contributed by atoms with E-state index in [9.17, 15) is 26.3 Å².